The van der Waals surface area contributed by atoms with Crippen molar-refractivity contribution in [3.05, 3.63) is 0 Å². The third-order valence-corrected chi connectivity index (χ3v) is 12.0. The van der Waals surface area contributed by atoms with Crippen molar-refractivity contribution in [1.29, 1.82) is 0 Å². The summed E-state index contributed by atoms with van der Waals surface area (Å²) in [4.78, 5) is 0. The van der Waals surface area contributed by atoms with Gasteiger partial charge in [0.05, 0.1) is 26.4 Å². The second kappa shape index (κ2) is 13.8. The van der Waals surface area contributed by atoms with E-state index in [1.54, 1.807) is 55.4 Å². The summed E-state index contributed by atoms with van der Waals surface area (Å²) >= 11 is 0. The highest BCUT2D eigenvalue weighted by Crippen LogP contribution is 2.69. The van der Waals surface area contributed by atoms with Crippen molar-refractivity contribution in [3.63, 3.8) is 0 Å². The molecule has 9 nitrogen and oxygen atoms in total. The average Bonchev–Trinajstić information content (AvgIpc) is 2.70. The molecule has 12 heteroatoms. The van der Waals surface area contributed by atoms with Gasteiger partial charge in [-0.15, -0.1) is 0 Å². The van der Waals surface area contributed by atoms with Gasteiger partial charge in [-0.25, -0.2) is 0 Å². The van der Waals surface area contributed by atoms with E-state index < -0.39 is 34.1 Å². The molecule has 180 valence electrons. The van der Waals surface area contributed by atoms with Crippen LogP contribution < -0.4 is 0 Å². The van der Waals surface area contributed by atoms with E-state index in [2.05, 4.69) is 0 Å². The van der Waals surface area contributed by atoms with Gasteiger partial charge < -0.3 is 18.1 Å². The highest BCUT2D eigenvalue weighted by atomic mass is 31.2. The van der Waals surface area contributed by atoms with E-state index in [4.69, 9.17) is 27.1 Å². The van der Waals surface area contributed by atoms with Crippen LogP contribution in [0.1, 0.15) is 81.1 Å². The Morgan fingerprint density at radius 3 is 0.967 bits per heavy atom. The number of rotatable bonds is 18. The maximum atomic E-state index is 13.5. The molecule has 0 aliphatic heterocycles. The van der Waals surface area contributed by atoms with Gasteiger partial charge >= 0.3 is 23.4 Å². The Morgan fingerprint density at radius 1 is 0.567 bits per heavy atom. The van der Waals surface area contributed by atoms with Crippen LogP contribution in [0.3, 0.4) is 0 Å². The maximum Gasteiger partial charge on any atom is 0.699 e. The van der Waals surface area contributed by atoms with Crippen LogP contribution in [0.15, 0.2) is 0 Å². The van der Waals surface area contributed by atoms with Gasteiger partial charge in [-0.1, -0.05) is 36.7 Å². The van der Waals surface area contributed by atoms with Gasteiger partial charge in [-0.05, 0) is 53.4 Å². The molecule has 30 heavy (non-hydrogen) atoms. The van der Waals surface area contributed by atoms with Crippen LogP contribution in [0.25, 0.3) is 0 Å². The largest absolute Gasteiger partial charge is 0.699 e. The van der Waals surface area contributed by atoms with E-state index in [-0.39, 0.29) is 52.1 Å². The van der Waals surface area contributed by atoms with E-state index in [0.717, 1.165) is 0 Å². The lowest BCUT2D eigenvalue weighted by molar-refractivity contribution is 0.0351. The first-order valence-corrected chi connectivity index (χ1v) is 14.9. The fourth-order valence-corrected chi connectivity index (χ4v) is 9.46. The van der Waals surface area contributed by atoms with Crippen LogP contribution in [0, 0.1) is 0 Å². The second-order valence-corrected chi connectivity index (χ2v) is 11.8. The van der Waals surface area contributed by atoms with Crippen LogP contribution in [0.2, 0.25) is 0 Å². The van der Waals surface area contributed by atoms with Crippen LogP contribution >= 0.6 is 23.4 Å². The van der Waals surface area contributed by atoms with E-state index in [1.165, 1.54) is 0 Å². The molecule has 0 aliphatic carbocycles. The fraction of sp³-hybridized carbons (Fsp3) is 1.00. The molecule has 0 radical (unpaired) electrons. The lowest BCUT2D eigenvalue weighted by Crippen LogP contribution is -2.34. The molecule has 0 N–H and O–H groups in total. The molecule has 0 spiro atoms. The molecule has 0 bridgehead atoms. The van der Waals surface area contributed by atoms with Gasteiger partial charge in [-0.2, -0.15) is 0 Å². The van der Waals surface area contributed by atoms with Crippen molar-refractivity contribution < 1.29 is 40.8 Å². The first-order chi connectivity index (χ1) is 14.1. The standard InChI is InChI=1S/C18H40O9P3/c1-9-17(10-2,29(20,22-13-5)23-14-6)26-28(19)27-18(11-3,12-4)30(21,24-15-7)25-16-8/h9-16H2,1-8H3/q+1. The summed E-state index contributed by atoms with van der Waals surface area (Å²) in [6.07, 6.45) is 0.853. The Balaban J connectivity index is 6.05. The van der Waals surface area contributed by atoms with Crippen LogP contribution in [0.4, 0.5) is 0 Å². The van der Waals surface area contributed by atoms with E-state index in [9.17, 15) is 13.7 Å². The first kappa shape index (κ1) is 30.3. The molecule has 0 amide bonds. The van der Waals surface area contributed by atoms with Crippen molar-refractivity contribution in [2.24, 2.45) is 0 Å². The zero-order valence-corrected chi connectivity index (χ0v) is 22.4. The van der Waals surface area contributed by atoms with Crippen molar-refractivity contribution >= 4 is 23.4 Å². The Labute approximate surface area is 182 Å². The predicted octanol–water partition coefficient (Wildman–Crippen LogP) is 7.24. The molecule has 0 heterocycles. The van der Waals surface area contributed by atoms with Crippen molar-refractivity contribution in [1.82, 2.24) is 0 Å². The van der Waals surface area contributed by atoms with Crippen LogP contribution in [-0.2, 0) is 40.8 Å². The number of hydrogen-bond acceptors (Lipinski definition) is 9. The molecule has 0 rings (SSSR count). The van der Waals surface area contributed by atoms with Crippen LogP contribution in [-0.4, -0.2) is 37.1 Å². The van der Waals surface area contributed by atoms with Gasteiger partial charge in [0.2, 0.25) is 10.7 Å². The fourth-order valence-electron chi connectivity index (χ4n) is 3.15. The summed E-state index contributed by atoms with van der Waals surface area (Å²) in [6, 6.07) is 0. The van der Waals surface area contributed by atoms with Gasteiger partial charge in [0.1, 0.15) is 0 Å². The van der Waals surface area contributed by atoms with E-state index in [1.807, 2.05) is 0 Å². The minimum atomic E-state index is -3.78. The molecule has 0 aliphatic rings. The van der Waals surface area contributed by atoms with E-state index >= 15 is 0 Å². The van der Waals surface area contributed by atoms with Gasteiger partial charge in [0.25, 0.3) is 0 Å². The Morgan fingerprint density at radius 2 is 0.800 bits per heavy atom. The van der Waals surface area contributed by atoms with Crippen molar-refractivity contribution in [2.45, 2.75) is 91.8 Å². The third kappa shape index (κ3) is 6.66. The predicted molar refractivity (Wildman–Crippen MR) is 118 cm³/mol. The minimum Gasteiger partial charge on any atom is -0.307 e. The molecular formula is C18H40O9P3+. The minimum absolute atomic E-state index is 0.137. The summed E-state index contributed by atoms with van der Waals surface area (Å²) < 4.78 is 73.4. The lowest BCUT2D eigenvalue weighted by Gasteiger charge is -2.34. The molecule has 0 aromatic rings. The Kier molecular flexibility index (Phi) is 13.9. The molecule has 0 unspecified atom stereocenters. The normalized spacial score (nSPS) is 13.6. The zero-order chi connectivity index (χ0) is 23.5. The summed E-state index contributed by atoms with van der Waals surface area (Å²) in [5.41, 5.74) is 0. The summed E-state index contributed by atoms with van der Waals surface area (Å²) in [5.74, 6) is 0. The quantitative estimate of drug-likeness (QED) is 0.183. The van der Waals surface area contributed by atoms with Crippen molar-refractivity contribution in [3.8, 4) is 0 Å². The zero-order valence-electron chi connectivity index (χ0n) is 19.7. The van der Waals surface area contributed by atoms with Crippen molar-refractivity contribution in [2.75, 3.05) is 26.4 Å². The SMILES string of the molecule is CCOP(=O)(OCC)C(CC)(CC)O[P+](=O)OC(CC)(CC)P(=O)(OCC)OCC. The highest BCUT2D eigenvalue weighted by Gasteiger charge is 2.61. The lowest BCUT2D eigenvalue weighted by atomic mass is 10.2. The monoisotopic (exact) mass is 493 g/mol. The molecule has 0 aromatic carbocycles. The molecule has 0 fully saturated rings. The molecule has 0 saturated heterocycles. The van der Waals surface area contributed by atoms with E-state index in [0.29, 0.717) is 0 Å². The summed E-state index contributed by atoms with van der Waals surface area (Å²) in [5, 5.41) is -2.94. The highest BCUT2D eigenvalue weighted by molar-refractivity contribution is 7.56. The first-order valence-electron chi connectivity index (χ1n) is 10.7. The van der Waals surface area contributed by atoms with Gasteiger partial charge in [0.15, 0.2) is 0 Å². The Hall–Kier alpha value is 0.320. The molecule has 0 aromatic heterocycles. The summed E-state index contributed by atoms with van der Waals surface area (Å²) in [6.45, 7) is 14.3. The smallest absolute Gasteiger partial charge is 0.307 e. The number of hydrogen-bond donors (Lipinski definition) is 0. The summed E-state index contributed by atoms with van der Waals surface area (Å²) in [7, 11) is -10.4. The topological polar surface area (TPSA) is 107 Å². The average molecular weight is 493 g/mol. The molecule has 0 atom stereocenters. The maximum absolute atomic E-state index is 13.5. The third-order valence-electron chi connectivity index (χ3n) is 4.89. The molecule has 0 saturated carbocycles. The Bertz CT molecular complexity index is 534. The van der Waals surface area contributed by atoms with Gasteiger partial charge in [0, 0.05) is 4.57 Å². The van der Waals surface area contributed by atoms with Gasteiger partial charge in [-0.3, -0.25) is 9.13 Å². The molecular weight excluding hydrogens is 453 g/mol. The second-order valence-electron chi connectivity index (χ2n) is 6.38. The van der Waals surface area contributed by atoms with Crippen LogP contribution in [0.5, 0.6) is 0 Å².